The third kappa shape index (κ3) is 5.95. The number of Topliss-reactive ketones (excluding diaryl/α,β-unsaturated/α-hetero) is 1. The normalized spacial score (nSPS) is 14.8. The number of unbranched alkanes of at least 4 members (excludes halogenated alkanes) is 1. The third-order valence-corrected chi connectivity index (χ3v) is 7.56. The van der Waals surface area contributed by atoms with Crippen molar-refractivity contribution in [3.63, 3.8) is 0 Å². The Hall–Kier alpha value is -2.26. The van der Waals surface area contributed by atoms with Crippen LogP contribution in [-0.4, -0.2) is 57.4 Å². The topological polar surface area (TPSA) is 90.0 Å². The van der Waals surface area contributed by atoms with E-state index in [0.717, 1.165) is 24.8 Å². The summed E-state index contributed by atoms with van der Waals surface area (Å²) in [7, 11) is -3.89. The van der Waals surface area contributed by atoms with Crippen molar-refractivity contribution in [1.29, 1.82) is 0 Å². The number of hydrogen-bond acceptors (Lipinski definition) is 6. The highest BCUT2D eigenvalue weighted by atomic mass is 35.5. The molecule has 1 aliphatic heterocycles. The number of morpholine rings is 1. The van der Waals surface area contributed by atoms with E-state index < -0.39 is 22.6 Å². The zero-order valence-electron chi connectivity index (χ0n) is 17.9. The van der Waals surface area contributed by atoms with Crippen molar-refractivity contribution in [2.24, 2.45) is 0 Å². The summed E-state index contributed by atoms with van der Waals surface area (Å²) in [6.07, 6.45) is 3.12. The fourth-order valence-electron chi connectivity index (χ4n) is 3.29. The molecule has 172 valence electrons. The summed E-state index contributed by atoms with van der Waals surface area (Å²) in [6, 6.07) is 11.1. The minimum atomic E-state index is -3.89. The maximum atomic E-state index is 12.9. The quantitative estimate of drug-likeness (QED) is 0.402. The molecule has 0 spiro atoms. The Labute approximate surface area is 193 Å². The van der Waals surface area contributed by atoms with E-state index in [0.29, 0.717) is 18.8 Å². The van der Waals surface area contributed by atoms with Crippen LogP contribution in [0.2, 0.25) is 5.02 Å². The summed E-state index contributed by atoms with van der Waals surface area (Å²) in [6.45, 7) is 2.67. The van der Waals surface area contributed by atoms with Gasteiger partial charge in [0.05, 0.1) is 23.8 Å². The average molecular weight is 480 g/mol. The number of aryl methyl sites for hydroxylation is 1. The molecule has 3 rings (SSSR count). The van der Waals surface area contributed by atoms with Crippen LogP contribution in [0.15, 0.2) is 47.4 Å². The number of halogens is 1. The van der Waals surface area contributed by atoms with Gasteiger partial charge in [0.2, 0.25) is 10.0 Å². The monoisotopic (exact) mass is 479 g/mol. The van der Waals surface area contributed by atoms with E-state index in [2.05, 4.69) is 6.92 Å². The van der Waals surface area contributed by atoms with Gasteiger partial charge in [0, 0.05) is 18.7 Å². The number of ether oxygens (including phenoxy) is 2. The Balaban J connectivity index is 1.66. The van der Waals surface area contributed by atoms with E-state index in [1.54, 1.807) is 12.1 Å². The SMILES string of the molecule is CCCCc1ccc(C(=O)COC(=O)c2ccc(Cl)c(S(=O)(=O)N3CCOCC3)c2)cc1. The molecule has 9 heteroatoms. The molecule has 32 heavy (non-hydrogen) atoms. The highest BCUT2D eigenvalue weighted by Gasteiger charge is 2.29. The number of hydrogen-bond donors (Lipinski definition) is 0. The first-order chi connectivity index (χ1) is 15.3. The lowest BCUT2D eigenvalue weighted by Crippen LogP contribution is -2.40. The second-order valence-corrected chi connectivity index (χ2v) is 9.78. The van der Waals surface area contributed by atoms with E-state index in [9.17, 15) is 18.0 Å². The molecule has 1 fully saturated rings. The number of carbonyl (C=O) groups is 2. The van der Waals surface area contributed by atoms with Crippen molar-refractivity contribution in [2.75, 3.05) is 32.9 Å². The minimum absolute atomic E-state index is 0.00366. The van der Waals surface area contributed by atoms with Gasteiger partial charge >= 0.3 is 5.97 Å². The first-order valence-corrected chi connectivity index (χ1v) is 12.3. The molecule has 0 atom stereocenters. The van der Waals surface area contributed by atoms with Crippen LogP contribution in [0, 0.1) is 0 Å². The van der Waals surface area contributed by atoms with E-state index in [1.165, 1.54) is 22.5 Å². The smallest absolute Gasteiger partial charge is 0.338 e. The van der Waals surface area contributed by atoms with Crippen molar-refractivity contribution >= 4 is 33.4 Å². The second-order valence-electron chi connectivity index (χ2n) is 7.46. The Bertz CT molecular complexity index is 1060. The molecule has 1 saturated heterocycles. The average Bonchev–Trinajstić information content (AvgIpc) is 2.82. The molecule has 2 aromatic carbocycles. The molecule has 0 aliphatic carbocycles. The van der Waals surface area contributed by atoms with Gasteiger partial charge in [-0.2, -0.15) is 4.31 Å². The standard InChI is InChI=1S/C23H26ClNO6S/c1-2-3-4-17-5-7-18(8-6-17)21(26)16-31-23(27)19-9-10-20(24)22(15-19)32(28,29)25-11-13-30-14-12-25/h5-10,15H,2-4,11-14,16H2,1H3. The van der Waals surface area contributed by atoms with Crippen molar-refractivity contribution in [3.8, 4) is 0 Å². The molecule has 0 saturated carbocycles. The van der Waals surface area contributed by atoms with Gasteiger partial charge in [-0.25, -0.2) is 13.2 Å². The summed E-state index contributed by atoms with van der Waals surface area (Å²) in [4.78, 5) is 24.7. The van der Waals surface area contributed by atoms with Crippen molar-refractivity contribution in [2.45, 2.75) is 31.1 Å². The maximum absolute atomic E-state index is 12.9. The van der Waals surface area contributed by atoms with Gasteiger partial charge in [0.25, 0.3) is 0 Å². The summed E-state index contributed by atoms with van der Waals surface area (Å²) >= 11 is 6.11. The van der Waals surface area contributed by atoms with E-state index in [4.69, 9.17) is 21.1 Å². The lowest BCUT2D eigenvalue weighted by atomic mass is 10.0. The lowest BCUT2D eigenvalue weighted by molar-refractivity contribution is 0.0474. The zero-order chi connectivity index (χ0) is 23.1. The molecule has 0 aromatic heterocycles. The molecule has 0 amide bonds. The van der Waals surface area contributed by atoms with Crippen molar-refractivity contribution in [3.05, 3.63) is 64.2 Å². The van der Waals surface area contributed by atoms with Crippen LogP contribution in [0.4, 0.5) is 0 Å². The zero-order valence-corrected chi connectivity index (χ0v) is 19.5. The predicted octanol–water partition coefficient (Wildman–Crippen LogP) is 3.74. The van der Waals surface area contributed by atoms with Gasteiger partial charge in [0.1, 0.15) is 4.90 Å². The van der Waals surface area contributed by atoms with Crippen LogP contribution >= 0.6 is 11.6 Å². The predicted molar refractivity (Wildman–Crippen MR) is 121 cm³/mol. The van der Waals surface area contributed by atoms with E-state index in [-0.39, 0.29) is 34.4 Å². The van der Waals surface area contributed by atoms with Gasteiger partial charge in [-0.3, -0.25) is 4.79 Å². The lowest BCUT2D eigenvalue weighted by Gasteiger charge is -2.26. The summed E-state index contributed by atoms with van der Waals surface area (Å²) in [5, 5.41) is 0.00674. The fraction of sp³-hybridized carbons (Fsp3) is 0.391. The number of benzene rings is 2. The first-order valence-electron chi connectivity index (χ1n) is 10.5. The summed E-state index contributed by atoms with van der Waals surface area (Å²) < 4.78 is 37.4. The van der Waals surface area contributed by atoms with Gasteiger partial charge in [-0.15, -0.1) is 0 Å². The molecule has 0 N–H and O–H groups in total. The third-order valence-electron chi connectivity index (χ3n) is 5.18. The van der Waals surface area contributed by atoms with Gasteiger partial charge < -0.3 is 9.47 Å². The second kappa shape index (κ2) is 11.0. The number of sulfonamides is 1. The van der Waals surface area contributed by atoms with Crippen molar-refractivity contribution in [1.82, 2.24) is 4.31 Å². The van der Waals surface area contributed by atoms with Gasteiger partial charge in [-0.1, -0.05) is 49.2 Å². The maximum Gasteiger partial charge on any atom is 0.338 e. The highest BCUT2D eigenvalue weighted by molar-refractivity contribution is 7.89. The number of ketones is 1. The van der Waals surface area contributed by atoms with Gasteiger partial charge in [0.15, 0.2) is 12.4 Å². The number of esters is 1. The molecule has 1 aliphatic rings. The molecule has 1 heterocycles. The van der Waals surface area contributed by atoms with Crippen molar-refractivity contribution < 1.29 is 27.5 Å². The molecular formula is C23H26ClNO6S. The molecular weight excluding hydrogens is 454 g/mol. The van der Waals surface area contributed by atoms with Gasteiger partial charge in [-0.05, 0) is 36.6 Å². The largest absolute Gasteiger partial charge is 0.454 e. The Morgan fingerprint density at radius 1 is 1.06 bits per heavy atom. The Morgan fingerprint density at radius 3 is 2.38 bits per heavy atom. The van der Waals surface area contributed by atoms with Crippen LogP contribution in [0.25, 0.3) is 0 Å². The van der Waals surface area contributed by atoms with E-state index >= 15 is 0 Å². The Morgan fingerprint density at radius 2 is 1.72 bits per heavy atom. The van der Waals surface area contributed by atoms with Crippen LogP contribution in [0.3, 0.4) is 0 Å². The van der Waals surface area contributed by atoms with E-state index in [1.807, 2.05) is 12.1 Å². The molecule has 2 aromatic rings. The number of rotatable bonds is 9. The Kier molecular flexibility index (Phi) is 8.42. The van der Waals surface area contributed by atoms with Crippen LogP contribution in [0.1, 0.15) is 46.0 Å². The van der Waals surface area contributed by atoms with Crippen LogP contribution in [-0.2, 0) is 25.9 Å². The summed E-state index contributed by atoms with van der Waals surface area (Å²) in [5.41, 5.74) is 1.60. The molecule has 0 radical (unpaired) electrons. The first kappa shape index (κ1) is 24.4. The molecule has 0 unspecified atom stereocenters. The molecule has 7 nitrogen and oxygen atoms in total. The molecule has 0 bridgehead atoms. The summed E-state index contributed by atoms with van der Waals surface area (Å²) in [5.74, 6) is -1.14. The van der Waals surface area contributed by atoms with Crippen LogP contribution < -0.4 is 0 Å². The van der Waals surface area contributed by atoms with Crippen LogP contribution in [0.5, 0.6) is 0 Å². The fourth-order valence-corrected chi connectivity index (χ4v) is 5.20. The number of nitrogens with zero attached hydrogens (tertiary/aromatic N) is 1. The minimum Gasteiger partial charge on any atom is -0.454 e. The highest BCUT2D eigenvalue weighted by Crippen LogP contribution is 2.27. The number of carbonyl (C=O) groups excluding carboxylic acids is 2.